The lowest BCUT2D eigenvalue weighted by Crippen LogP contribution is -1.99. The van der Waals surface area contributed by atoms with Crippen molar-refractivity contribution in [1.82, 2.24) is 0 Å². The Bertz CT molecular complexity index is 674. The van der Waals surface area contributed by atoms with Gasteiger partial charge in [0.05, 0.1) is 4.92 Å². The smallest absolute Gasteiger partial charge is 0.269 e. The number of nitro benzene ring substituents is 1. The van der Waals surface area contributed by atoms with Gasteiger partial charge >= 0.3 is 0 Å². The second kappa shape index (κ2) is 12.6. The molecule has 0 fully saturated rings. The van der Waals surface area contributed by atoms with E-state index in [9.17, 15) is 14.9 Å². The fourth-order valence-electron chi connectivity index (χ4n) is 2.01. The van der Waals surface area contributed by atoms with Crippen LogP contribution in [-0.4, -0.2) is 10.7 Å². The number of rotatable bonds is 5. The van der Waals surface area contributed by atoms with Crippen molar-refractivity contribution in [2.24, 2.45) is 0 Å². The van der Waals surface area contributed by atoms with E-state index in [1.165, 1.54) is 12.1 Å². The molecule has 2 rings (SSSR count). The van der Waals surface area contributed by atoms with Crippen LogP contribution in [0, 0.1) is 10.1 Å². The van der Waals surface area contributed by atoms with Crippen LogP contribution in [0.1, 0.15) is 57.0 Å². The predicted octanol–water partition coefficient (Wildman–Crippen LogP) is 6.32. The molecule has 0 N–H and O–H groups in total. The van der Waals surface area contributed by atoms with E-state index in [0.717, 1.165) is 11.1 Å². The molecule has 0 aliphatic carbocycles. The minimum absolute atomic E-state index is 0.0603. The number of benzene rings is 2. The van der Waals surface area contributed by atoms with Crippen LogP contribution in [0.25, 0.3) is 6.08 Å². The molecule has 25 heavy (non-hydrogen) atoms. The summed E-state index contributed by atoms with van der Waals surface area (Å²) >= 11 is 0. The first-order chi connectivity index (χ1) is 12.1. The highest BCUT2D eigenvalue weighted by Crippen LogP contribution is 2.16. The average molecular weight is 341 g/mol. The van der Waals surface area contributed by atoms with Crippen molar-refractivity contribution in [3.63, 3.8) is 0 Å². The molecule has 2 aromatic rings. The minimum Gasteiger partial charge on any atom is -0.294 e. The highest BCUT2D eigenvalue weighted by molar-refractivity contribution is 5.97. The second-order valence-corrected chi connectivity index (χ2v) is 4.81. The van der Waals surface area contributed by atoms with E-state index in [2.05, 4.69) is 0 Å². The first-order valence-electron chi connectivity index (χ1n) is 8.56. The number of carbonyl (C=O) groups excluding carboxylic acids is 1. The van der Waals surface area contributed by atoms with Crippen molar-refractivity contribution < 1.29 is 9.72 Å². The van der Waals surface area contributed by atoms with Crippen LogP contribution in [0.2, 0.25) is 0 Å². The summed E-state index contributed by atoms with van der Waals surface area (Å²) < 4.78 is 0. The predicted molar refractivity (Wildman–Crippen MR) is 105 cm³/mol. The summed E-state index contributed by atoms with van der Waals surface area (Å²) in [6.07, 6.45) is 2.20. The first-order valence-corrected chi connectivity index (χ1v) is 8.56. The summed E-state index contributed by atoms with van der Waals surface area (Å²) in [5.74, 6) is 0.0614. The maximum Gasteiger partial charge on any atom is 0.269 e. The molecule has 0 saturated carbocycles. The SMILES string of the molecule is C/C(=C/c1ccc([N+](=O)[O-])cc1)CC(=O)c1ccccc1.CC.CC. The van der Waals surface area contributed by atoms with E-state index >= 15 is 0 Å². The summed E-state index contributed by atoms with van der Waals surface area (Å²) in [4.78, 5) is 22.2. The van der Waals surface area contributed by atoms with Crippen LogP contribution >= 0.6 is 0 Å². The Morgan fingerprint density at radius 1 is 0.960 bits per heavy atom. The van der Waals surface area contributed by atoms with Crippen LogP contribution in [0.3, 0.4) is 0 Å². The lowest BCUT2D eigenvalue weighted by Gasteiger charge is -2.02. The molecular weight excluding hydrogens is 314 g/mol. The van der Waals surface area contributed by atoms with E-state index in [1.807, 2.05) is 58.9 Å². The van der Waals surface area contributed by atoms with E-state index in [1.54, 1.807) is 24.3 Å². The Morgan fingerprint density at radius 3 is 1.96 bits per heavy atom. The zero-order chi connectivity index (χ0) is 19.2. The monoisotopic (exact) mass is 341 g/mol. The highest BCUT2D eigenvalue weighted by Gasteiger charge is 2.06. The summed E-state index contributed by atoms with van der Waals surface area (Å²) in [5, 5.41) is 10.6. The molecule has 0 radical (unpaired) electrons. The number of Topliss-reactive ketones (excluding diaryl/α,β-unsaturated/α-hetero) is 1. The molecule has 0 bridgehead atoms. The maximum atomic E-state index is 12.1. The van der Waals surface area contributed by atoms with Gasteiger partial charge in [0.1, 0.15) is 0 Å². The third-order valence-electron chi connectivity index (χ3n) is 3.05. The van der Waals surface area contributed by atoms with Gasteiger partial charge in [0.2, 0.25) is 0 Å². The van der Waals surface area contributed by atoms with Gasteiger partial charge in [-0.1, -0.05) is 69.7 Å². The molecule has 0 saturated heterocycles. The third kappa shape index (κ3) is 8.06. The Balaban J connectivity index is 0.00000134. The van der Waals surface area contributed by atoms with Crippen molar-refractivity contribution >= 4 is 17.5 Å². The van der Waals surface area contributed by atoms with E-state index in [4.69, 9.17) is 0 Å². The summed E-state index contributed by atoms with van der Waals surface area (Å²) in [6.45, 7) is 9.88. The lowest BCUT2D eigenvalue weighted by molar-refractivity contribution is -0.384. The zero-order valence-electron chi connectivity index (χ0n) is 15.7. The minimum atomic E-state index is -0.431. The number of allylic oxidation sites excluding steroid dienone is 1. The van der Waals surface area contributed by atoms with Crippen molar-refractivity contribution in [3.05, 3.63) is 81.4 Å². The van der Waals surface area contributed by atoms with Crippen LogP contribution < -0.4 is 0 Å². The van der Waals surface area contributed by atoms with Gasteiger partial charge in [-0.2, -0.15) is 0 Å². The van der Waals surface area contributed by atoms with Crippen molar-refractivity contribution in [3.8, 4) is 0 Å². The lowest BCUT2D eigenvalue weighted by atomic mass is 10.0. The quantitative estimate of drug-likeness (QED) is 0.363. The Labute approximate surface area is 150 Å². The number of carbonyl (C=O) groups is 1. The fraction of sp³-hybridized carbons (Fsp3) is 0.286. The summed E-state index contributed by atoms with van der Waals surface area (Å²) in [5.41, 5.74) is 2.51. The fourth-order valence-corrected chi connectivity index (χ4v) is 2.01. The summed E-state index contributed by atoms with van der Waals surface area (Å²) in [6, 6.07) is 15.4. The van der Waals surface area contributed by atoms with Gasteiger partial charge in [0.15, 0.2) is 5.78 Å². The van der Waals surface area contributed by atoms with E-state index in [-0.39, 0.29) is 11.5 Å². The number of hydrogen-bond donors (Lipinski definition) is 0. The van der Waals surface area contributed by atoms with Crippen molar-refractivity contribution in [2.75, 3.05) is 0 Å². The highest BCUT2D eigenvalue weighted by atomic mass is 16.6. The van der Waals surface area contributed by atoms with Crippen LogP contribution in [-0.2, 0) is 0 Å². The number of hydrogen-bond acceptors (Lipinski definition) is 3. The molecule has 134 valence electrons. The van der Waals surface area contributed by atoms with Gasteiger partial charge in [-0.25, -0.2) is 0 Å². The van der Waals surface area contributed by atoms with Crippen molar-refractivity contribution in [1.29, 1.82) is 0 Å². The van der Waals surface area contributed by atoms with Gasteiger partial charge in [-0.15, -0.1) is 0 Å². The normalized spacial score (nSPS) is 9.88. The molecule has 4 nitrogen and oxygen atoms in total. The van der Waals surface area contributed by atoms with E-state index in [0.29, 0.717) is 12.0 Å². The molecule has 0 unspecified atom stereocenters. The molecule has 0 aliphatic heterocycles. The molecule has 0 heterocycles. The van der Waals surface area contributed by atoms with Crippen LogP contribution in [0.4, 0.5) is 5.69 Å². The van der Waals surface area contributed by atoms with Gasteiger partial charge in [-0.05, 0) is 24.6 Å². The molecule has 0 aliphatic rings. The first kappa shape index (κ1) is 22.2. The Morgan fingerprint density at radius 2 is 1.48 bits per heavy atom. The summed E-state index contributed by atoms with van der Waals surface area (Å²) in [7, 11) is 0. The molecule has 0 aromatic heterocycles. The van der Waals surface area contributed by atoms with E-state index < -0.39 is 4.92 Å². The molecule has 4 heteroatoms. The Kier molecular flexibility index (Phi) is 11.3. The maximum absolute atomic E-state index is 12.1. The number of ketones is 1. The van der Waals surface area contributed by atoms with Gasteiger partial charge in [0, 0.05) is 24.1 Å². The second-order valence-electron chi connectivity index (χ2n) is 4.81. The molecule has 0 spiro atoms. The van der Waals surface area contributed by atoms with Gasteiger partial charge in [0.25, 0.3) is 5.69 Å². The molecule has 0 amide bonds. The van der Waals surface area contributed by atoms with Crippen LogP contribution in [0.5, 0.6) is 0 Å². The Hall–Kier alpha value is -2.75. The van der Waals surface area contributed by atoms with Crippen LogP contribution in [0.15, 0.2) is 60.2 Å². The zero-order valence-corrected chi connectivity index (χ0v) is 15.7. The van der Waals surface area contributed by atoms with Crippen molar-refractivity contribution in [2.45, 2.75) is 41.0 Å². The largest absolute Gasteiger partial charge is 0.294 e. The van der Waals surface area contributed by atoms with Gasteiger partial charge < -0.3 is 0 Å². The topological polar surface area (TPSA) is 60.2 Å². The molecule has 0 atom stereocenters. The number of nitrogens with zero attached hydrogens (tertiary/aromatic N) is 1. The van der Waals surface area contributed by atoms with Gasteiger partial charge in [-0.3, -0.25) is 14.9 Å². The number of non-ortho nitro benzene ring substituents is 1. The molecule has 2 aromatic carbocycles. The average Bonchev–Trinajstić information content (AvgIpc) is 2.66. The number of nitro groups is 1. The molecular formula is C21H27NO3. The standard InChI is InChI=1S/C17H15NO3.2C2H6/c1-13(12-17(19)15-5-3-2-4-6-15)11-14-7-9-16(10-8-14)18(20)21;2*1-2/h2-11H,12H2,1H3;2*1-2H3/b13-11-;;. The third-order valence-corrected chi connectivity index (χ3v) is 3.05.